The number of aryl methyl sites for hydroxylation is 2. The molecule has 6 heteroatoms. The van der Waals surface area contributed by atoms with Gasteiger partial charge in [0, 0.05) is 43.7 Å². The highest BCUT2D eigenvalue weighted by molar-refractivity contribution is 7.09. The molecule has 0 radical (unpaired) electrons. The molecule has 5 nitrogen and oxygen atoms in total. The monoisotopic (exact) mass is 306 g/mol. The van der Waals surface area contributed by atoms with Crippen molar-refractivity contribution >= 4 is 11.3 Å². The smallest absolute Gasteiger partial charge is 0.103 e. The van der Waals surface area contributed by atoms with Gasteiger partial charge in [0.15, 0.2) is 0 Å². The van der Waals surface area contributed by atoms with E-state index < -0.39 is 0 Å². The van der Waals surface area contributed by atoms with Crippen molar-refractivity contribution in [2.45, 2.75) is 39.5 Å². The van der Waals surface area contributed by atoms with Crippen molar-refractivity contribution < 1.29 is 4.74 Å². The molecule has 2 atom stereocenters. The van der Waals surface area contributed by atoms with E-state index in [1.807, 2.05) is 17.8 Å². The Bertz CT molecular complexity index is 580. The summed E-state index contributed by atoms with van der Waals surface area (Å²) in [6.07, 6.45) is 3.13. The first kappa shape index (κ1) is 14.7. The average Bonchev–Trinajstić information content (AvgIpc) is 3.18. The third-order valence-corrected chi connectivity index (χ3v) is 4.76. The molecule has 0 aliphatic carbocycles. The van der Waals surface area contributed by atoms with Gasteiger partial charge in [-0.25, -0.2) is 4.98 Å². The first-order valence-corrected chi connectivity index (χ1v) is 8.41. The predicted octanol–water partition coefficient (Wildman–Crippen LogP) is 2.54. The summed E-state index contributed by atoms with van der Waals surface area (Å²) in [7, 11) is 0. The second kappa shape index (κ2) is 6.68. The molecule has 0 spiro atoms. The number of aromatic nitrogens is 3. The van der Waals surface area contributed by atoms with Crippen molar-refractivity contribution in [2.24, 2.45) is 5.92 Å². The SMILES string of the molecule is CCn1nccc1[C@@H]1OCC[C@H]1CNCc1csc(C)n1. The Kier molecular flexibility index (Phi) is 4.67. The van der Waals surface area contributed by atoms with Gasteiger partial charge in [0.2, 0.25) is 0 Å². The zero-order valence-corrected chi connectivity index (χ0v) is 13.4. The molecule has 0 saturated carbocycles. The second-order valence-corrected chi connectivity index (χ2v) is 6.46. The summed E-state index contributed by atoms with van der Waals surface area (Å²) in [4.78, 5) is 4.48. The molecule has 0 bridgehead atoms. The molecule has 21 heavy (non-hydrogen) atoms. The van der Waals surface area contributed by atoms with E-state index in [-0.39, 0.29) is 6.10 Å². The summed E-state index contributed by atoms with van der Waals surface area (Å²) in [5.41, 5.74) is 2.33. The lowest BCUT2D eigenvalue weighted by Gasteiger charge is -2.19. The van der Waals surface area contributed by atoms with Crippen molar-refractivity contribution in [3.63, 3.8) is 0 Å². The Balaban J connectivity index is 1.57. The van der Waals surface area contributed by atoms with Crippen LogP contribution in [0.3, 0.4) is 0 Å². The van der Waals surface area contributed by atoms with Crippen LogP contribution in [-0.4, -0.2) is 27.9 Å². The Morgan fingerprint density at radius 2 is 2.43 bits per heavy atom. The van der Waals surface area contributed by atoms with Crippen LogP contribution in [0, 0.1) is 12.8 Å². The van der Waals surface area contributed by atoms with Gasteiger partial charge in [0.25, 0.3) is 0 Å². The van der Waals surface area contributed by atoms with Gasteiger partial charge in [-0.1, -0.05) is 0 Å². The van der Waals surface area contributed by atoms with E-state index in [1.54, 1.807) is 11.3 Å². The molecule has 2 aromatic rings. The molecule has 1 aliphatic rings. The molecule has 1 N–H and O–H groups in total. The lowest BCUT2D eigenvalue weighted by molar-refractivity contribution is 0.0830. The Hall–Kier alpha value is -1.24. The maximum atomic E-state index is 5.94. The molecule has 1 fully saturated rings. The van der Waals surface area contributed by atoms with Gasteiger partial charge in [-0.05, 0) is 26.3 Å². The molecule has 0 aromatic carbocycles. The summed E-state index contributed by atoms with van der Waals surface area (Å²) >= 11 is 1.70. The molecule has 2 aromatic heterocycles. The van der Waals surface area contributed by atoms with Crippen LogP contribution in [0.1, 0.15) is 35.8 Å². The zero-order chi connectivity index (χ0) is 14.7. The lowest BCUT2D eigenvalue weighted by Crippen LogP contribution is -2.25. The van der Waals surface area contributed by atoms with Gasteiger partial charge in [0.05, 0.1) is 16.4 Å². The van der Waals surface area contributed by atoms with Crippen LogP contribution in [0.15, 0.2) is 17.6 Å². The Morgan fingerprint density at radius 1 is 1.52 bits per heavy atom. The first-order chi connectivity index (χ1) is 10.3. The van der Waals surface area contributed by atoms with Crippen LogP contribution >= 0.6 is 11.3 Å². The van der Waals surface area contributed by atoms with Crippen LogP contribution in [0.5, 0.6) is 0 Å². The molecule has 114 valence electrons. The summed E-state index contributed by atoms with van der Waals surface area (Å²) in [5, 5.41) is 11.1. The number of rotatable bonds is 6. The van der Waals surface area contributed by atoms with E-state index in [2.05, 4.69) is 33.8 Å². The third-order valence-electron chi connectivity index (χ3n) is 3.93. The minimum Gasteiger partial charge on any atom is -0.372 e. The van der Waals surface area contributed by atoms with Crippen molar-refractivity contribution in [2.75, 3.05) is 13.2 Å². The first-order valence-electron chi connectivity index (χ1n) is 7.53. The fraction of sp³-hybridized carbons (Fsp3) is 0.600. The third kappa shape index (κ3) is 3.33. The van der Waals surface area contributed by atoms with Crippen molar-refractivity contribution in [3.05, 3.63) is 34.0 Å². The van der Waals surface area contributed by atoms with E-state index in [0.717, 1.165) is 43.4 Å². The summed E-state index contributed by atoms with van der Waals surface area (Å²) < 4.78 is 7.98. The number of nitrogens with zero attached hydrogens (tertiary/aromatic N) is 3. The summed E-state index contributed by atoms with van der Waals surface area (Å²) in [6.45, 7) is 7.67. The molecule has 3 heterocycles. The minimum atomic E-state index is 0.164. The van der Waals surface area contributed by atoms with Gasteiger partial charge >= 0.3 is 0 Å². The van der Waals surface area contributed by atoms with Crippen LogP contribution in [-0.2, 0) is 17.8 Å². The van der Waals surface area contributed by atoms with Crippen LogP contribution in [0.2, 0.25) is 0 Å². The van der Waals surface area contributed by atoms with Crippen LogP contribution in [0.25, 0.3) is 0 Å². The van der Waals surface area contributed by atoms with E-state index in [0.29, 0.717) is 5.92 Å². The average molecular weight is 306 g/mol. The summed E-state index contributed by atoms with van der Waals surface area (Å²) in [6, 6.07) is 2.08. The lowest BCUT2D eigenvalue weighted by atomic mass is 9.99. The second-order valence-electron chi connectivity index (χ2n) is 5.40. The van der Waals surface area contributed by atoms with Gasteiger partial charge in [-0.3, -0.25) is 4.68 Å². The molecule has 0 unspecified atom stereocenters. The molecule has 1 saturated heterocycles. The zero-order valence-electron chi connectivity index (χ0n) is 12.6. The maximum absolute atomic E-state index is 5.94. The largest absolute Gasteiger partial charge is 0.372 e. The van der Waals surface area contributed by atoms with Gasteiger partial charge in [0.1, 0.15) is 6.10 Å². The van der Waals surface area contributed by atoms with Crippen LogP contribution in [0.4, 0.5) is 0 Å². The van der Waals surface area contributed by atoms with E-state index in [4.69, 9.17) is 4.74 Å². The number of ether oxygens (including phenoxy) is 1. The Morgan fingerprint density at radius 3 is 3.19 bits per heavy atom. The Labute approximate surface area is 129 Å². The fourth-order valence-electron chi connectivity index (χ4n) is 2.89. The van der Waals surface area contributed by atoms with E-state index in [1.165, 1.54) is 5.69 Å². The summed E-state index contributed by atoms with van der Waals surface area (Å²) in [5.74, 6) is 0.506. The molecule has 0 amide bonds. The van der Waals surface area contributed by atoms with Crippen molar-refractivity contribution in [1.29, 1.82) is 0 Å². The topological polar surface area (TPSA) is 52.0 Å². The fourth-order valence-corrected chi connectivity index (χ4v) is 3.51. The molecule has 3 rings (SSSR count). The highest BCUT2D eigenvalue weighted by atomic mass is 32.1. The molecular formula is C15H22N4OS. The van der Waals surface area contributed by atoms with E-state index in [9.17, 15) is 0 Å². The van der Waals surface area contributed by atoms with Crippen molar-refractivity contribution in [1.82, 2.24) is 20.1 Å². The number of nitrogens with one attached hydrogen (secondary N) is 1. The predicted molar refractivity (Wildman–Crippen MR) is 83.3 cm³/mol. The number of hydrogen-bond acceptors (Lipinski definition) is 5. The highest BCUT2D eigenvalue weighted by Crippen LogP contribution is 2.33. The molecular weight excluding hydrogens is 284 g/mol. The van der Waals surface area contributed by atoms with Gasteiger partial charge < -0.3 is 10.1 Å². The maximum Gasteiger partial charge on any atom is 0.103 e. The number of hydrogen-bond donors (Lipinski definition) is 1. The van der Waals surface area contributed by atoms with Crippen LogP contribution < -0.4 is 5.32 Å². The highest BCUT2D eigenvalue weighted by Gasteiger charge is 2.31. The van der Waals surface area contributed by atoms with E-state index >= 15 is 0 Å². The normalized spacial score (nSPS) is 22.0. The van der Waals surface area contributed by atoms with Gasteiger partial charge in [-0.15, -0.1) is 11.3 Å². The molecule has 1 aliphatic heterocycles. The van der Waals surface area contributed by atoms with Gasteiger partial charge in [-0.2, -0.15) is 5.10 Å². The minimum absolute atomic E-state index is 0.164. The quantitative estimate of drug-likeness (QED) is 0.891. The van der Waals surface area contributed by atoms with Crippen molar-refractivity contribution in [3.8, 4) is 0 Å². The standard InChI is InChI=1S/C15H22N4OS/c1-3-19-14(4-6-17-19)15-12(5-7-20-15)8-16-9-13-10-21-11(2)18-13/h4,6,10,12,15-16H,3,5,7-9H2,1-2H3/t12-,15+/m0/s1. The number of thiazole rings is 1.